The quantitative estimate of drug-likeness (QED) is 0.599. The number of halogens is 1. The van der Waals surface area contributed by atoms with E-state index in [4.69, 9.17) is 0 Å². The van der Waals surface area contributed by atoms with Gasteiger partial charge in [-0.3, -0.25) is 4.79 Å². The van der Waals surface area contributed by atoms with Gasteiger partial charge in [-0.1, -0.05) is 58.4 Å². The molecule has 1 aliphatic heterocycles. The summed E-state index contributed by atoms with van der Waals surface area (Å²) in [4.78, 5) is 14.9. The lowest BCUT2D eigenvalue weighted by Gasteiger charge is -2.33. The van der Waals surface area contributed by atoms with E-state index in [0.717, 1.165) is 26.6 Å². The van der Waals surface area contributed by atoms with E-state index in [2.05, 4.69) is 45.3 Å². The smallest absolute Gasteiger partial charge is 0.270 e. The highest BCUT2D eigenvalue weighted by Crippen LogP contribution is 2.32. The van der Waals surface area contributed by atoms with Crippen LogP contribution < -0.4 is 0 Å². The van der Waals surface area contributed by atoms with Gasteiger partial charge in [-0.15, -0.1) is 6.58 Å². The maximum absolute atomic E-state index is 13.0. The Kier molecular flexibility index (Phi) is 3.77. The molecular weight excluding hydrogens is 364 g/mol. The average molecular weight is 381 g/mol. The van der Waals surface area contributed by atoms with Crippen molar-refractivity contribution in [3.63, 3.8) is 0 Å². The maximum atomic E-state index is 13.0. The van der Waals surface area contributed by atoms with E-state index in [1.807, 2.05) is 47.4 Å². The van der Waals surface area contributed by atoms with Crippen LogP contribution in [0.3, 0.4) is 0 Å². The number of aromatic nitrogens is 1. The molecule has 2 heterocycles. The second-order valence-electron chi connectivity index (χ2n) is 6.08. The molecule has 24 heavy (non-hydrogen) atoms. The molecule has 1 amide bonds. The fourth-order valence-electron chi connectivity index (χ4n) is 3.39. The topological polar surface area (TPSA) is 25.2 Å². The molecule has 0 N–H and O–H groups in total. The summed E-state index contributed by atoms with van der Waals surface area (Å²) in [6.07, 6.45) is 1.92. The number of hydrogen-bond donors (Lipinski definition) is 0. The molecule has 0 aliphatic carbocycles. The Labute approximate surface area is 149 Å². The summed E-state index contributed by atoms with van der Waals surface area (Å²) in [5.41, 5.74) is 2.94. The summed E-state index contributed by atoms with van der Waals surface area (Å²) in [5.74, 6) is 0.0734. The minimum atomic E-state index is 0.0734. The number of hydrogen-bond acceptors (Lipinski definition) is 1. The standard InChI is InChI=1S/C20H17BrN2O/c1-2-17-13-22(12-14-6-4-3-5-7-14)20(24)19-10-15-8-9-16(21)11-18(15)23(17)19/h2-11,17H,1,12-13H2/t17-/m0/s1. The van der Waals surface area contributed by atoms with Gasteiger partial charge in [0.2, 0.25) is 0 Å². The van der Waals surface area contributed by atoms with E-state index in [0.29, 0.717) is 13.1 Å². The third-order valence-electron chi connectivity index (χ3n) is 4.54. The van der Waals surface area contributed by atoms with Crippen LogP contribution in [0.1, 0.15) is 22.1 Å². The highest BCUT2D eigenvalue weighted by atomic mass is 79.9. The second kappa shape index (κ2) is 5.95. The van der Waals surface area contributed by atoms with Crippen molar-refractivity contribution >= 4 is 32.7 Å². The van der Waals surface area contributed by atoms with Crippen LogP contribution in [0.5, 0.6) is 0 Å². The summed E-state index contributed by atoms with van der Waals surface area (Å²) in [6, 6.07) is 18.3. The Bertz CT molecular complexity index is 929. The van der Waals surface area contributed by atoms with Crippen molar-refractivity contribution < 1.29 is 4.79 Å². The van der Waals surface area contributed by atoms with E-state index in [-0.39, 0.29) is 11.9 Å². The Morgan fingerprint density at radius 2 is 1.96 bits per heavy atom. The zero-order valence-electron chi connectivity index (χ0n) is 13.2. The molecule has 0 unspecified atom stereocenters. The molecule has 0 saturated heterocycles. The normalized spacial score (nSPS) is 17.1. The van der Waals surface area contributed by atoms with E-state index in [1.54, 1.807) is 0 Å². The lowest BCUT2D eigenvalue weighted by atomic mass is 10.1. The number of carbonyl (C=O) groups is 1. The molecule has 0 spiro atoms. The molecule has 3 aromatic rings. The number of nitrogens with zero attached hydrogens (tertiary/aromatic N) is 2. The minimum absolute atomic E-state index is 0.0734. The Balaban J connectivity index is 1.78. The fraction of sp³-hybridized carbons (Fsp3) is 0.150. The molecule has 120 valence electrons. The van der Waals surface area contributed by atoms with Crippen molar-refractivity contribution in [1.29, 1.82) is 0 Å². The Morgan fingerprint density at radius 3 is 2.71 bits per heavy atom. The SMILES string of the molecule is C=C[C@H]1CN(Cc2ccccc2)C(=O)c2cc3ccc(Br)cc3n21. The van der Waals surface area contributed by atoms with E-state index in [1.165, 1.54) is 0 Å². The van der Waals surface area contributed by atoms with Gasteiger partial charge in [0.25, 0.3) is 5.91 Å². The summed E-state index contributed by atoms with van der Waals surface area (Å²) in [6.45, 7) is 5.25. The molecule has 2 aromatic carbocycles. The zero-order chi connectivity index (χ0) is 16.7. The highest BCUT2D eigenvalue weighted by Gasteiger charge is 2.31. The van der Waals surface area contributed by atoms with Crippen molar-refractivity contribution in [2.24, 2.45) is 0 Å². The number of amides is 1. The minimum Gasteiger partial charge on any atom is -0.331 e. The van der Waals surface area contributed by atoms with Crippen molar-refractivity contribution in [2.75, 3.05) is 6.54 Å². The second-order valence-corrected chi connectivity index (χ2v) is 6.99. The predicted octanol–water partition coefficient (Wildman–Crippen LogP) is 4.79. The molecule has 0 radical (unpaired) electrons. The van der Waals surface area contributed by atoms with Gasteiger partial charge in [0.1, 0.15) is 5.69 Å². The first-order valence-corrected chi connectivity index (χ1v) is 8.73. The molecule has 4 heteroatoms. The van der Waals surface area contributed by atoms with Gasteiger partial charge in [-0.05, 0) is 23.8 Å². The van der Waals surface area contributed by atoms with Crippen LogP contribution in [-0.2, 0) is 6.54 Å². The van der Waals surface area contributed by atoms with Crippen molar-refractivity contribution in [3.8, 4) is 0 Å². The largest absolute Gasteiger partial charge is 0.331 e. The Morgan fingerprint density at radius 1 is 1.17 bits per heavy atom. The average Bonchev–Trinajstić information content (AvgIpc) is 2.97. The lowest BCUT2D eigenvalue weighted by Crippen LogP contribution is -2.41. The van der Waals surface area contributed by atoms with E-state index < -0.39 is 0 Å². The first kappa shape index (κ1) is 15.2. The van der Waals surface area contributed by atoms with Gasteiger partial charge < -0.3 is 9.47 Å². The van der Waals surface area contributed by atoms with Crippen molar-refractivity contribution in [3.05, 3.63) is 83.0 Å². The molecule has 0 fully saturated rings. The third-order valence-corrected chi connectivity index (χ3v) is 5.03. The maximum Gasteiger partial charge on any atom is 0.270 e. The first-order valence-electron chi connectivity index (χ1n) is 7.93. The van der Waals surface area contributed by atoms with Crippen LogP contribution in [0, 0.1) is 0 Å². The molecule has 0 bridgehead atoms. The summed E-state index contributed by atoms with van der Waals surface area (Å²) in [7, 11) is 0. The van der Waals surface area contributed by atoms with Crippen LogP contribution in [0.2, 0.25) is 0 Å². The van der Waals surface area contributed by atoms with Crippen molar-refractivity contribution in [1.82, 2.24) is 9.47 Å². The zero-order valence-corrected chi connectivity index (χ0v) is 14.7. The number of rotatable bonds is 3. The molecule has 0 saturated carbocycles. The van der Waals surface area contributed by atoms with Gasteiger partial charge >= 0.3 is 0 Å². The van der Waals surface area contributed by atoms with Crippen LogP contribution in [0.15, 0.2) is 71.7 Å². The Hall–Kier alpha value is -2.33. The fourth-order valence-corrected chi connectivity index (χ4v) is 3.74. The van der Waals surface area contributed by atoms with Gasteiger partial charge in [-0.25, -0.2) is 0 Å². The summed E-state index contributed by atoms with van der Waals surface area (Å²) >= 11 is 3.52. The van der Waals surface area contributed by atoms with Crippen LogP contribution in [-0.4, -0.2) is 21.9 Å². The van der Waals surface area contributed by atoms with Gasteiger partial charge in [-0.2, -0.15) is 0 Å². The van der Waals surface area contributed by atoms with Gasteiger partial charge in [0, 0.05) is 22.9 Å². The van der Waals surface area contributed by atoms with Gasteiger partial charge in [0.05, 0.1) is 11.6 Å². The first-order chi connectivity index (χ1) is 11.7. The van der Waals surface area contributed by atoms with Gasteiger partial charge in [0.15, 0.2) is 0 Å². The summed E-state index contributed by atoms with van der Waals surface area (Å²) < 4.78 is 3.12. The monoisotopic (exact) mass is 380 g/mol. The van der Waals surface area contributed by atoms with Crippen LogP contribution in [0.4, 0.5) is 0 Å². The van der Waals surface area contributed by atoms with Crippen molar-refractivity contribution in [2.45, 2.75) is 12.6 Å². The van der Waals surface area contributed by atoms with E-state index >= 15 is 0 Å². The molecule has 1 atom stereocenters. The van der Waals surface area contributed by atoms with E-state index in [9.17, 15) is 4.79 Å². The highest BCUT2D eigenvalue weighted by molar-refractivity contribution is 9.10. The molecule has 1 aliphatic rings. The number of benzene rings is 2. The third kappa shape index (κ3) is 2.47. The molecule has 1 aromatic heterocycles. The van der Waals surface area contributed by atoms with Crippen LogP contribution >= 0.6 is 15.9 Å². The molecular formula is C20H17BrN2O. The molecule has 3 nitrogen and oxygen atoms in total. The summed E-state index contributed by atoms with van der Waals surface area (Å²) in [5, 5.41) is 1.08. The lowest BCUT2D eigenvalue weighted by molar-refractivity contribution is 0.0676. The molecule has 4 rings (SSSR count). The van der Waals surface area contributed by atoms with Crippen LogP contribution in [0.25, 0.3) is 10.9 Å². The number of fused-ring (bicyclic) bond motifs is 3. The predicted molar refractivity (Wildman–Crippen MR) is 100 cm³/mol. The number of carbonyl (C=O) groups excluding carboxylic acids is 1.